The van der Waals surface area contributed by atoms with E-state index in [0.717, 1.165) is 5.56 Å². The maximum Gasteiger partial charge on any atom is 0.410 e. The summed E-state index contributed by atoms with van der Waals surface area (Å²) in [7, 11) is 0. The lowest BCUT2D eigenvalue weighted by Gasteiger charge is -2.29. The van der Waals surface area contributed by atoms with Gasteiger partial charge in [0.25, 0.3) is 5.91 Å². The molecule has 3 rings (SSSR count). The van der Waals surface area contributed by atoms with Crippen LogP contribution in [-0.4, -0.2) is 39.2 Å². The first-order valence-electron chi connectivity index (χ1n) is 8.45. The monoisotopic (exact) mass is 394 g/mol. The summed E-state index contributed by atoms with van der Waals surface area (Å²) in [5.74, 6) is -1.08. The van der Waals surface area contributed by atoms with Gasteiger partial charge in [-0.3, -0.25) is 9.89 Å². The molecule has 0 fully saturated rings. The Morgan fingerprint density at radius 2 is 2.11 bits per heavy atom. The predicted octanol–water partition coefficient (Wildman–Crippen LogP) is 3.75. The predicted molar refractivity (Wildman–Crippen MR) is 98.3 cm³/mol. The van der Waals surface area contributed by atoms with Gasteiger partial charge in [-0.1, -0.05) is 17.7 Å². The topological polar surface area (TPSA) is 87.3 Å². The van der Waals surface area contributed by atoms with Gasteiger partial charge in [-0.15, -0.1) is 0 Å². The Balaban J connectivity index is 1.74. The molecule has 0 saturated carbocycles. The molecule has 0 saturated heterocycles. The number of ether oxygens (including phenoxy) is 1. The summed E-state index contributed by atoms with van der Waals surface area (Å²) in [6.45, 7) is 6.12. The molecule has 1 aliphatic heterocycles. The number of aromatic amines is 1. The van der Waals surface area contributed by atoms with Crippen molar-refractivity contribution in [2.75, 3.05) is 11.9 Å². The summed E-state index contributed by atoms with van der Waals surface area (Å²) in [4.78, 5) is 26.2. The van der Waals surface area contributed by atoms with E-state index in [0.29, 0.717) is 24.5 Å². The van der Waals surface area contributed by atoms with Crippen LogP contribution in [0.15, 0.2) is 18.2 Å². The fourth-order valence-corrected chi connectivity index (χ4v) is 3.04. The zero-order chi connectivity index (χ0) is 19.8. The Hall–Kier alpha value is -2.61. The number of anilines is 1. The number of nitrogens with zero attached hydrogens (tertiary/aromatic N) is 2. The molecule has 0 spiro atoms. The molecule has 2 amide bonds. The van der Waals surface area contributed by atoms with Crippen molar-refractivity contribution in [1.29, 1.82) is 0 Å². The Bertz CT molecular complexity index is 871. The van der Waals surface area contributed by atoms with Crippen molar-refractivity contribution >= 4 is 29.4 Å². The minimum atomic E-state index is -0.708. The zero-order valence-corrected chi connectivity index (χ0v) is 16.0. The van der Waals surface area contributed by atoms with Crippen molar-refractivity contribution < 1.29 is 18.7 Å². The van der Waals surface area contributed by atoms with Crippen molar-refractivity contribution in [3.05, 3.63) is 45.9 Å². The van der Waals surface area contributed by atoms with Crippen molar-refractivity contribution in [1.82, 2.24) is 15.1 Å². The van der Waals surface area contributed by atoms with E-state index in [-0.39, 0.29) is 17.1 Å². The van der Waals surface area contributed by atoms with Gasteiger partial charge in [0.2, 0.25) is 0 Å². The molecule has 2 aromatic rings. The molecule has 1 aromatic carbocycles. The first kappa shape index (κ1) is 19.2. The Morgan fingerprint density at radius 1 is 1.37 bits per heavy atom. The molecular formula is C18H20ClFN4O3. The van der Waals surface area contributed by atoms with Gasteiger partial charge in [0, 0.05) is 12.1 Å². The molecule has 1 aromatic heterocycles. The van der Waals surface area contributed by atoms with Crippen LogP contribution in [-0.2, 0) is 17.7 Å². The molecule has 0 aliphatic carbocycles. The van der Waals surface area contributed by atoms with E-state index in [1.54, 1.807) is 25.7 Å². The Morgan fingerprint density at radius 3 is 2.78 bits per heavy atom. The van der Waals surface area contributed by atoms with Crippen LogP contribution >= 0.6 is 11.6 Å². The van der Waals surface area contributed by atoms with Crippen molar-refractivity contribution in [3.63, 3.8) is 0 Å². The van der Waals surface area contributed by atoms with E-state index in [9.17, 15) is 14.0 Å². The summed E-state index contributed by atoms with van der Waals surface area (Å²) < 4.78 is 19.3. The average molecular weight is 395 g/mol. The van der Waals surface area contributed by atoms with Gasteiger partial charge in [0.05, 0.1) is 22.8 Å². The first-order chi connectivity index (χ1) is 12.7. The number of carbonyl (C=O) groups is 2. The van der Waals surface area contributed by atoms with Crippen LogP contribution in [0.4, 0.5) is 15.0 Å². The molecule has 2 N–H and O–H groups in total. The van der Waals surface area contributed by atoms with Crippen LogP contribution < -0.4 is 5.32 Å². The lowest BCUT2D eigenvalue weighted by atomic mass is 10.1. The number of amides is 2. The van der Waals surface area contributed by atoms with Gasteiger partial charge < -0.3 is 15.0 Å². The van der Waals surface area contributed by atoms with Crippen LogP contribution in [0.3, 0.4) is 0 Å². The average Bonchev–Trinajstić information content (AvgIpc) is 2.95. The molecule has 0 radical (unpaired) electrons. The molecule has 144 valence electrons. The standard InChI is InChI=1S/C18H20ClFN4O3/c1-18(2,3)27-17(26)24-8-7-10-13(9-24)22-23-15(10)21-16(25)14-11(19)5-4-6-12(14)20/h4-6H,7-9H2,1-3H3,(H2,21,22,23,25). The minimum Gasteiger partial charge on any atom is -0.444 e. The summed E-state index contributed by atoms with van der Waals surface area (Å²) in [6, 6.07) is 4.04. The molecule has 0 unspecified atom stereocenters. The first-order valence-corrected chi connectivity index (χ1v) is 8.83. The number of H-pyrrole nitrogens is 1. The zero-order valence-electron chi connectivity index (χ0n) is 15.2. The van der Waals surface area contributed by atoms with Gasteiger partial charge in [0.15, 0.2) is 5.82 Å². The molecule has 0 bridgehead atoms. The van der Waals surface area contributed by atoms with E-state index in [1.165, 1.54) is 18.2 Å². The summed E-state index contributed by atoms with van der Waals surface area (Å²) >= 11 is 5.93. The fraction of sp³-hybridized carbons (Fsp3) is 0.389. The molecule has 2 heterocycles. The third kappa shape index (κ3) is 4.21. The smallest absolute Gasteiger partial charge is 0.410 e. The molecule has 9 heteroatoms. The van der Waals surface area contributed by atoms with Crippen molar-refractivity contribution in [2.45, 2.75) is 39.3 Å². The van der Waals surface area contributed by atoms with Crippen molar-refractivity contribution in [2.24, 2.45) is 0 Å². The highest BCUT2D eigenvalue weighted by molar-refractivity contribution is 6.34. The quantitative estimate of drug-likeness (QED) is 0.812. The minimum absolute atomic E-state index is 0.0213. The lowest BCUT2D eigenvalue weighted by Crippen LogP contribution is -2.39. The maximum atomic E-state index is 13.9. The second-order valence-electron chi connectivity index (χ2n) is 7.23. The number of carbonyl (C=O) groups excluding carboxylic acids is 2. The highest BCUT2D eigenvalue weighted by Gasteiger charge is 2.29. The highest BCUT2D eigenvalue weighted by atomic mass is 35.5. The normalized spacial score (nSPS) is 13.9. The summed E-state index contributed by atoms with van der Waals surface area (Å²) in [5, 5.41) is 9.52. The molecule has 1 aliphatic rings. The number of hydrogen-bond acceptors (Lipinski definition) is 4. The number of rotatable bonds is 2. The maximum absolute atomic E-state index is 13.9. The van der Waals surface area contributed by atoms with Crippen LogP contribution in [0.2, 0.25) is 5.02 Å². The highest BCUT2D eigenvalue weighted by Crippen LogP contribution is 2.26. The fourth-order valence-electron chi connectivity index (χ4n) is 2.79. The molecule has 0 atom stereocenters. The van der Waals surface area contributed by atoms with Crippen LogP contribution in [0.25, 0.3) is 0 Å². The number of halogens is 2. The second-order valence-corrected chi connectivity index (χ2v) is 7.64. The molecule has 7 nitrogen and oxygen atoms in total. The number of benzene rings is 1. The number of nitrogens with one attached hydrogen (secondary N) is 2. The Labute approximate surface area is 160 Å². The van der Waals surface area contributed by atoms with E-state index in [1.807, 2.05) is 0 Å². The van der Waals surface area contributed by atoms with Crippen molar-refractivity contribution in [3.8, 4) is 0 Å². The van der Waals surface area contributed by atoms with Gasteiger partial charge >= 0.3 is 6.09 Å². The third-order valence-electron chi connectivity index (χ3n) is 4.01. The number of aromatic nitrogens is 2. The van der Waals surface area contributed by atoms with Gasteiger partial charge in [0.1, 0.15) is 11.4 Å². The Kier molecular flexibility index (Phi) is 5.10. The second kappa shape index (κ2) is 7.19. The van der Waals surface area contributed by atoms with Gasteiger partial charge in [-0.05, 0) is 39.3 Å². The van der Waals surface area contributed by atoms with E-state index in [2.05, 4.69) is 15.5 Å². The molecule has 27 heavy (non-hydrogen) atoms. The number of hydrogen-bond donors (Lipinski definition) is 2. The van der Waals surface area contributed by atoms with Crippen LogP contribution in [0, 0.1) is 5.82 Å². The van der Waals surface area contributed by atoms with E-state index >= 15 is 0 Å². The summed E-state index contributed by atoms with van der Waals surface area (Å²) in [6.07, 6.45) is 0.0672. The SMILES string of the molecule is CC(C)(C)OC(=O)N1CCc2c(NC(=O)c3c(F)cccc3Cl)n[nH]c2C1. The van der Waals surface area contributed by atoms with E-state index in [4.69, 9.17) is 16.3 Å². The van der Waals surface area contributed by atoms with Crippen LogP contribution in [0.1, 0.15) is 42.4 Å². The van der Waals surface area contributed by atoms with E-state index < -0.39 is 23.4 Å². The van der Waals surface area contributed by atoms with Gasteiger partial charge in [-0.25, -0.2) is 9.18 Å². The third-order valence-corrected chi connectivity index (χ3v) is 4.32. The van der Waals surface area contributed by atoms with Gasteiger partial charge in [-0.2, -0.15) is 5.10 Å². The largest absolute Gasteiger partial charge is 0.444 e. The lowest BCUT2D eigenvalue weighted by molar-refractivity contribution is 0.0221. The molecular weight excluding hydrogens is 375 g/mol. The number of fused-ring (bicyclic) bond motifs is 1. The summed E-state index contributed by atoms with van der Waals surface area (Å²) in [5.41, 5.74) is 0.656. The van der Waals surface area contributed by atoms with Crippen LogP contribution in [0.5, 0.6) is 0 Å².